The molecule has 2 aromatic carbocycles. The summed E-state index contributed by atoms with van der Waals surface area (Å²) in [6.07, 6.45) is 0. The number of rotatable bonds is 5. The summed E-state index contributed by atoms with van der Waals surface area (Å²) in [5, 5.41) is 0.751. The molecule has 29 heavy (non-hydrogen) atoms. The third kappa shape index (κ3) is 3.50. The van der Waals surface area contributed by atoms with E-state index in [9.17, 15) is 18.4 Å². The molecule has 0 spiro atoms. The smallest absolute Gasteiger partial charge is 0.387 e. The van der Waals surface area contributed by atoms with Crippen LogP contribution in [0, 0.1) is 0 Å². The third-order valence-corrected chi connectivity index (χ3v) is 5.35. The molecule has 0 bridgehead atoms. The first-order valence-electron chi connectivity index (χ1n) is 8.54. The number of hydrogen-bond donors (Lipinski definition) is 1. The molecule has 0 fully saturated rings. The fraction of sp³-hybridized carbons (Fsp3) is 0.0476. The van der Waals surface area contributed by atoms with Crippen molar-refractivity contribution < 1.29 is 18.3 Å². The summed E-state index contributed by atoms with van der Waals surface area (Å²) in [5.41, 5.74) is 6.92. The van der Waals surface area contributed by atoms with E-state index in [1.807, 2.05) is 6.07 Å². The van der Waals surface area contributed by atoms with Crippen molar-refractivity contribution >= 4 is 32.3 Å². The summed E-state index contributed by atoms with van der Waals surface area (Å²) in [5.74, 6) is -0.558. The van der Waals surface area contributed by atoms with Gasteiger partial charge in [0.15, 0.2) is 5.78 Å². The van der Waals surface area contributed by atoms with Gasteiger partial charge in [-0.25, -0.2) is 0 Å². The number of carbonyl (C=O) groups is 1. The van der Waals surface area contributed by atoms with Crippen molar-refractivity contribution in [2.45, 2.75) is 6.61 Å². The normalized spacial score (nSPS) is 11.1. The van der Waals surface area contributed by atoms with Crippen molar-refractivity contribution in [3.8, 4) is 11.4 Å². The average molecular weight is 412 g/mol. The molecule has 4 rings (SSSR count). The van der Waals surface area contributed by atoms with E-state index in [0.717, 1.165) is 11.3 Å². The lowest BCUT2D eigenvalue weighted by Crippen LogP contribution is -2.16. The molecule has 8 heteroatoms. The molecular formula is C21H14F2N2O3S. The van der Waals surface area contributed by atoms with E-state index in [2.05, 4.69) is 4.74 Å². The van der Waals surface area contributed by atoms with E-state index in [4.69, 9.17) is 5.73 Å². The van der Waals surface area contributed by atoms with Crippen LogP contribution in [0.3, 0.4) is 0 Å². The van der Waals surface area contributed by atoms with Crippen molar-refractivity contribution in [3.05, 3.63) is 88.2 Å². The number of anilines is 1. The maximum atomic E-state index is 13.1. The number of ketones is 1. The minimum absolute atomic E-state index is 0.120. The Kier molecular flexibility index (Phi) is 4.85. The first-order chi connectivity index (χ1) is 14.0. The number of nitrogens with zero attached hydrogens (tertiary/aromatic N) is 1. The van der Waals surface area contributed by atoms with Crippen molar-refractivity contribution in [2.75, 3.05) is 5.73 Å². The van der Waals surface area contributed by atoms with E-state index < -0.39 is 12.4 Å². The molecule has 0 aliphatic heterocycles. The lowest BCUT2D eigenvalue weighted by atomic mass is 10.0. The molecule has 0 saturated heterocycles. The van der Waals surface area contributed by atoms with Gasteiger partial charge < -0.3 is 10.5 Å². The number of nitrogens with two attached hydrogens (primary N) is 1. The molecule has 0 amide bonds. The Morgan fingerprint density at radius 2 is 1.79 bits per heavy atom. The van der Waals surface area contributed by atoms with Gasteiger partial charge in [0.2, 0.25) is 0 Å². The molecule has 0 aliphatic rings. The molecule has 2 heterocycles. The number of para-hydroxylation sites is 1. The molecule has 0 aliphatic carbocycles. The standard InChI is InChI=1S/C21H14F2N2O3S/c22-21(23)28-14-8-4-5-12(11-14)18(27)17-15-9-10-16(26)25(20(15)29-19(17)24)13-6-2-1-3-7-13/h1-11,21H,24H2. The van der Waals surface area contributed by atoms with Crippen molar-refractivity contribution in [1.82, 2.24) is 4.57 Å². The van der Waals surface area contributed by atoms with Gasteiger partial charge in [-0.05, 0) is 30.3 Å². The second-order valence-corrected chi connectivity index (χ2v) is 7.17. The molecule has 0 saturated carbocycles. The van der Waals surface area contributed by atoms with Crippen molar-refractivity contribution in [1.29, 1.82) is 0 Å². The van der Waals surface area contributed by atoms with Crippen LogP contribution in [-0.2, 0) is 0 Å². The quantitative estimate of drug-likeness (QED) is 0.491. The fourth-order valence-corrected chi connectivity index (χ4v) is 4.19. The zero-order chi connectivity index (χ0) is 20.5. The Hall–Kier alpha value is -3.52. The Labute approximate surface area is 167 Å². The molecular weight excluding hydrogens is 398 g/mol. The Bertz CT molecular complexity index is 1270. The van der Waals surface area contributed by atoms with Gasteiger partial charge in [-0.2, -0.15) is 8.78 Å². The summed E-state index contributed by atoms with van der Waals surface area (Å²) in [4.78, 5) is 26.1. The first-order valence-corrected chi connectivity index (χ1v) is 9.36. The van der Waals surface area contributed by atoms with E-state index in [1.165, 1.54) is 34.9 Å². The highest BCUT2D eigenvalue weighted by Gasteiger charge is 2.22. The summed E-state index contributed by atoms with van der Waals surface area (Å²) in [6, 6.07) is 17.5. The van der Waals surface area contributed by atoms with Crippen molar-refractivity contribution in [2.24, 2.45) is 0 Å². The van der Waals surface area contributed by atoms with Gasteiger partial charge in [-0.3, -0.25) is 14.2 Å². The molecule has 0 unspecified atom stereocenters. The van der Waals surface area contributed by atoms with Crippen molar-refractivity contribution in [3.63, 3.8) is 0 Å². The molecule has 146 valence electrons. The number of ether oxygens (including phenoxy) is 1. The zero-order valence-electron chi connectivity index (χ0n) is 14.8. The Morgan fingerprint density at radius 1 is 1.03 bits per heavy atom. The lowest BCUT2D eigenvalue weighted by molar-refractivity contribution is -0.0498. The molecule has 2 N–H and O–H groups in total. The predicted molar refractivity (Wildman–Crippen MR) is 108 cm³/mol. The SMILES string of the molecule is Nc1sc2c(ccc(=O)n2-c2ccccc2)c1C(=O)c1cccc(OC(F)F)c1. The topological polar surface area (TPSA) is 74.3 Å². The number of benzene rings is 2. The van der Waals surface area contributed by atoms with Crippen LogP contribution in [0.5, 0.6) is 5.75 Å². The van der Waals surface area contributed by atoms with Crippen LogP contribution in [0.15, 0.2) is 71.5 Å². The van der Waals surface area contributed by atoms with E-state index in [0.29, 0.717) is 15.9 Å². The maximum Gasteiger partial charge on any atom is 0.387 e. The van der Waals surface area contributed by atoms with Gasteiger partial charge in [0.05, 0.1) is 16.3 Å². The Morgan fingerprint density at radius 3 is 2.52 bits per heavy atom. The van der Waals surface area contributed by atoms with Crippen LogP contribution in [0.25, 0.3) is 15.9 Å². The fourth-order valence-electron chi connectivity index (χ4n) is 3.11. The highest BCUT2D eigenvalue weighted by Crippen LogP contribution is 2.35. The molecule has 0 atom stereocenters. The van der Waals surface area contributed by atoms with E-state index in [-0.39, 0.29) is 27.4 Å². The summed E-state index contributed by atoms with van der Waals surface area (Å²) < 4.78 is 30.8. The minimum atomic E-state index is -2.99. The maximum absolute atomic E-state index is 13.1. The van der Waals surface area contributed by atoms with E-state index in [1.54, 1.807) is 30.3 Å². The second-order valence-electron chi connectivity index (χ2n) is 6.14. The van der Waals surface area contributed by atoms with Crippen LogP contribution < -0.4 is 16.0 Å². The summed E-state index contributed by atoms with van der Waals surface area (Å²) in [6.45, 7) is -2.99. The van der Waals surface area contributed by atoms with Gasteiger partial charge in [0, 0.05) is 17.0 Å². The van der Waals surface area contributed by atoms with Crippen LogP contribution >= 0.6 is 11.3 Å². The van der Waals surface area contributed by atoms with Crippen LogP contribution in [0.1, 0.15) is 15.9 Å². The number of fused-ring (bicyclic) bond motifs is 1. The highest BCUT2D eigenvalue weighted by molar-refractivity contribution is 7.22. The third-order valence-electron chi connectivity index (χ3n) is 4.33. The number of aromatic nitrogens is 1. The summed E-state index contributed by atoms with van der Waals surface area (Å²) >= 11 is 1.12. The number of pyridine rings is 1. The summed E-state index contributed by atoms with van der Waals surface area (Å²) in [7, 11) is 0. The number of thiophene rings is 1. The van der Waals surface area contributed by atoms with Gasteiger partial charge in [0.1, 0.15) is 10.6 Å². The van der Waals surface area contributed by atoms with Gasteiger partial charge >= 0.3 is 6.61 Å². The monoisotopic (exact) mass is 412 g/mol. The number of carbonyl (C=O) groups excluding carboxylic acids is 1. The zero-order valence-corrected chi connectivity index (χ0v) is 15.7. The van der Waals surface area contributed by atoms with Gasteiger partial charge in [0.25, 0.3) is 5.56 Å². The van der Waals surface area contributed by atoms with Crippen LogP contribution in [0.2, 0.25) is 0 Å². The highest BCUT2D eigenvalue weighted by atomic mass is 32.1. The number of halogens is 2. The number of nitrogen functional groups attached to an aromatic ring is 1. The minimum Gasteiger partial charge on any atom is -0.435 e. The molecule has 4 aromatic rings. The largest absolute Gasteiger partial charge is 0.435 e. The Balaban J connectivity index is 1.87. The van der Waals surface area contributed by atoms with Gasteiger partial charge in [-0.15, -0.1) is 0 Å². The predicted octanol–water partition coefficient (Wildman–Crippen LogP) is 4.47. The second kappa shape index (κ2) is 7.48. The average Bonchev–Trinajstić information content (AvgIpc) is 3.03. The van der Waals surface area contributed by atoms with E-state index >= 15 is 0 Å². The molecule has 5 nitrogen and oxygen atoms in total. The first kappa shape index (κ1) is 18.8. The molecule has 0 radical (unpaired) electrons. The van der Waals surface area contributed by atoms with Crippen LogP contribution in [0.4, 0.5) is 13.8 Å². The number of alkyl halides is 2. The number of hydrogen-bond acceptors (Lipinski definition) is 5. The molecule has 2 aromatic heterocycles. The van der Waals surface area contributed by atoms with Crippen LogP contribution in [-0.4, -0.2) is 17.0 Å². The van der Waals surface area contributed by atoms with Gasteiger partial charge in [-0.1, -0.05) is 41.7 Å². The lowest BCUT2D eigenvalue weighted by Gasteiger charge is -2.08.